The highest BCUT2D eigenvalue weighted by atomic mass is 79.9. The molecule has 1 atom stereocenters. The van der Waals surface area contributed by atoms with Crippen LogP contribution in [0.3, 0.4) is 0 Å². The Balaban J connectivity index is 3.03. The maximum atomic E-state index is 13.6. The third-order valence-electron chi connectivity index (χ3n) is 2.21. The maximum Gasteiger partial charge on any atom is 0.401 e. The van der Waals surface area contributed by atoms with Crippen molar-refractivity contribution < 1.29 is 27.1 Å². The van der Waals surface area contributed by atoms with E-state index in [1.54, 1.807) is 0 Å². The molecule has 0 radical (unpaired) electrons. The number of nitrogens with one attached hydrogen (secondary N) is 1. The molecular formula is C11H10BrF4NO2. The second-order valence-electron chi connectivity index (χ2n) is 3.62. The molecule has 0 aliphatic rings. The van der Waals surface area contributed by atoms with Crippen molar-refractivity contribution in [3.05, 3.63) is 34.1 Å². The summed E-state index contributed by atoms with van der Waals surface area (Å²) in [6, 6.07) is 2.12. The lowest BCUT2D eigenvalue weighted by Gasteiger charge is -2.18. The fraction of sp³-hybridized carbons (Fsp3) is 0.364. The summed E-state index contributed by atoms with van der Waals surface area (Å²) in [5.74, 6) is -1.80. The number of halogens is 5. The van der Waals surface area contributed by atoms with Crippen LogP contribution in [0.2, 0.25) is 0 Å². The molecule has 1 aromatic rings. The van der Waals surface area contributed by atoms with Crippen molar-refractivity contribution in [2.45, 2.75) is 12.2 Å². The number of rotatable bonds is 4. The number of alkyl halides is 3. The fourth-order valence-electron chi connectivity index (χ4n) is 1.39. The molecule has 3 nitrogen and oxygen atoms in total. The van der Waals surface area contributed by atoms with Gasteiger partial charge in [0.05, 0.1) is 13.7 Å². The molecule has 1 rings (SSSR count). The Bertz CT molecular complexity index is 464. The highest BCUT2D eigenvalue weighted by Gasteiger charge is 2.32. The first-order valence-electron chi connectivity index (χ1n) is 5.07. The van der Waals surface area contributed by atoms with Crippen LogP contribution >= 0.6 is 15.9 Å². The van der Waals surface area contributed by atoms with Gasteiger partial charge in [0.2, 0.25) is 0 Å². The van der Waals surface area contributed by atoms with Crippen LogP contribution in [0.25, 0.3) is 0 Å². The summed E-state index contributed by atoms with van der Waals surface area (Å²) in [6.07, 6.45) is -4.52. The number of methoxy groups -OCH3 is 1. The smallest absolute Gasteiger partial charge is 0.401 e. The summed E-state index contributed by atoms with van der Waals surface area (Å²) in [5, 5.41) is 1.93. The molecule has 19 heavy (non-hydrogen) atoms. The van der Waals surface area contributed by atoms with Gasteiger partial charge in [0.25, 0.3) is 0 Å². The second kappa shape index (κ2) is 6.33. The number of benzene rings is 1. The van der Waals surface area contributed by atoms with Crippen molar-refractivity contribution in [2.24, 2.45) is 0 Å². The van der Waals surface area contributed by atoms with E-state index in [0.29, 0.717) is 4.47 Å². The van der Waals surface area contributed by atoms with Crippen molar-refractivity contribution >= 4 is 21.9 Å². The van der Waals surface area contributed by atoms with Gasteiger partial charge in [-0.2, -0.15) is 13.2 Å². The summed E-state index contributed by atoms with van der Waals surface area (Å²) < 4.78 is 54.9. The van der Waals surface area contributed by atoms with Crippen molar-refractivity contribution in [1.82, 2.24) is 5.32 Å². The number of carbonyl (C=O) groups is 1. The predicted molar refractivity (Wildman–Crippen MR) is 62.9 cm³/mol. The SMILES string of the molecule is COC(=O)C(NCC(F)(F)F)c1cc(Br)ccc1F. The Hall–Kier alpha value is -1.15. The highest BCUT2D eigenvalue weighted by molar-refractivity contribution is 9.10. The first-order valence-corrected chi connectivity index (χ1v) is 5.87. The van der Waals surface area contributed by atoms with Gasteiger partial charge in [-0.1, -0.05) is 15.9 Å². The zero-order valence-corrected chi connectivity index (χ0v) is 11.3. The van der Waals surface area contributed by atoms with Crippen LogP contribution in [0.5, 0.6) is 0 Å². The molecule has 0 bridgehead atoms. The second-order valence-corrected chi connectivity index (χ2v) is 4.53. The van der Waals surface area contributed by atoms with E-state index in [4.69, 9.17) is 0 Å². The standard InChI is InChI=1S/C11H10BrF4NO2/c1-19-10(18)9(17-5-11(14,15)16)7-4-6(12)2-3-8(7)13/h2-4,9,17H,5H2,1H3. The van der Waals surface area contributed by atoms with E-state index in [-0.39, 0.29) is 5.56 Å². The van der Waals surface area contributed by atoms with Crippen LogP contribution in [0, 0.1) is 5.82 Å². The number of carbonyl (C=O) groups excluding carboxylic acids is 1. The van der Waals surface area contributed by atoms with Crippen LogP contribution in [0.15, 0.2) is 22.7 Å². The zero-order chi connectivity index (χ0) is 14.6. The van der Waals surface area contributed by atoms with Crippen molar-refractivity contribution in [1.29, 1.82) is 0 Å². The normalized spacial score (nSPS) is 13.2. The van der Waals surface area contributed by atoms with Crippen LogP contribution in [-0.2, 0) is 9.53 Å². The molecule has 0 aromatic heterocycles. The van der Waals surface area contributed by atoms with Crippen LogP contribution < -0.4 is 5.32 Å². The molecule has 8 heteroatoms. The van der Waals surface area contributed by atoms with E-state index in [9.17, 15) is 22.4 Å². The fourth-order valence-corrected chi connectivity index (χ4v) is 1.77. The summed E-state index contributed by atoms with van der Waals surface area (Å²) in [7, 11) is 1.01. The molecule has 0 spiro atoms. The highest BCUT2D eigenvalue weighted by Crippen LogP contribution is 2.24. The van der Waals surface area contributed by atoms with Gasteiger partial charge in [0, 0.05) is 10.0 Å². The van der Waals surface area contributed by atoms with E-state index >= 15 is 0 Å². The first-order chi connectivity index (χ1) is 8.74. The van der Waals surface area contributed by atoms with Crippen molar-refractivity contribution in [2.75, 3.05) is 13.7 Å². The largest absolute Gasteiger partial charge is 0.468 e. The summed E-state index contributed by atoms with van der Waals surface area (Å²) in [5.41, 5.74) is -0.217. The van der Waals surface area contributed by atoms with Crippen LogP contribution in [-0.4, -0.2) is 25.8 Å². The topological polar surface area (TPSA) is 38.3 Å². The van der Waals surface area contributed by atoms with Crippen LogP contribution in [0.4, 0.5) is 17.6 Å². The van der Waals surface area contributed by atoms with E-state index in [1.165, 1.54) is 12.1 Å². The molecule has 0 saturated carbocycles. The molecule has 0 saturated heterocycles. The molecule has 0 heterocycles. The van der Waals surface area contributed by atoms with Gasteiger partial charge < -0.3 is 4.74 Å². The van der Waals surface area contributed by atoms with Crippen molar-refractivity contribution in [3.8, 4) is 0 Å². The first kappa shape index (κ1) is 15.9. The van der Waals surface area contributed by atoms with Gasteiger partial charge in [-0.15, -0.1) is 0 Å². The molecule has 0 fully saturated rings. The van der Waals surface area contributed by atoms with Gasteiger partial charge >= 0.3 is 12.1 Å². The summed E-state index contributed by atoms with van der Waals surface area (Å²) >= 11 is 3.06. The monoisotopic (exact) mass is 343 g/mol. The van der Waals surface area contributed by atoms with Gasteiger partial charge in [0.15, 0.2) is 0 Å². The number of hydrogen-bond acceptors (Lipinski definition) is 3. The average molecular weight is 344 g/mol. The van der Waals surface area contributed by atoms with Gasteiger partial charge in [0.1, 0.15) is 11.9 Å². The lowest BCUT2D eigenvalue weighted by atomic mass is 10.1. The number of esters is 1. The van der Waals surface area contributed by atoms with Gasteiger partial charge in [-0.05, 0) is 18.2 Å². The lowest BCUT2D eigenvalue weighted by Crippen LogP contribution is -2.37. The van der Waals surface area contributed by atoms with E-state index < -0.39 is 30.5 Å². The molecule has 106 valence electrons. The third-order valence-corrected chi connectivity index (χ3v) is 2.71. The van der Waals surface area contributed by atoms with E-state index in [2.05, 4.69) is 20.7 Å². The minimum atomic E-state index is -4.52. The molecular weight excluding hydrogens is 334 g/mol. The Kier molecular flexibility index (Phi) is 5.30. The van der Waals surface area contributed by atoms with Crippen molar-refractivity contribution in [3.63, 3.8) is 0 Å². The summed E-state index contributed by atoms with van der Waals surface area (Å²) in [6.45, 7) is -1.43. The Labute approximate surface area is 115 Å². The molecule has 1 unspecified atom stereocenters. The predicted octanol–water partition coefficient (Wildman–Crippen LogP) is 2.95. The molecule has 1 N–H and O–H groups in total. The molecule has 0 aliphatic heterocycles. The van der Waals surface area contributed by atoms with E-state index in [1.807, 2.05) is 5.32 Å². The molecule has 0 amide bonds. The molecule has 0 aliphatic carbocycles. The minimum absolute atomic E-state index is 0.217. The van der Waals surface area contributed by atoms with Gasteiger partial charge in [-0.25, -0.2) is 9.18 Å². The zero-order valence-electron chi connectivity index (χ0n) is 9.72. The minimum Gasteiger partial charge on any atom is -0.468 e. The van der Waals surface area contributed by atoms with Crippen LogP contribution in [0.1, 0.15) is 11.6 Å². The Morgan fingerprint density at radius 3 is 2.63 bits per heavy atom. The van der Waals surface area contributed by atoms with Gasteiger partial charge in [-0.3, -0.25) is 5.32 Å². The summed E-state index contributed by atoms with van der Waals surface area (Å²) in [4.78, 5) is 11.5. The quantitative estimate of drug-likeness (QED) is 0.674. The number of ether oxygens (including phenoxy) is 1. The molecule has 1 aromatic carbocycles. The van der Waals surface area contributed by atoms with E-state index in [0.717, 1.165) is 13.2 Å². The third kappa shape index (κ3) is 4.79. The maximum absolute atomic E-state index is 13.6. The lowest BCUT2D eigenvalue weighted by molar-refractivity contribution is -0.146. The number of hydrogen-bond donors (Lipinski definition) is 1. The Morgan fingerprint density at radius 1 is 1.47 bits per heavy atom. The Morgan fingerprint density at radius 2 is 2.11 bits per heavy atom. The average Bonchev–Trinajstić information content (AvgIpc) is 2.31.